The molecule has 158 valence electrons. The molecule has 1 saturated heterocycles. The van der Waals surface area contributed by atoms with Crippen LogP contribution in [0.5, 0.6) is 0 Å². The van der Waals surface area contributed by atoms with Crippen LogP contribution in [0.2, 0.25) is 0 Å². The first-order chi connectivity index (χ1) is 15.6. The van der Waals surface area contributed by atoms with Gasteiger partial charge in [-0.05, 0) is 0 Å². The van der Waals surface area contributed by atoms with Gasteiger partial charge in [0.05, 0.1) is 0 Å². The molecule has 4 aromatic rings. The van der Waals surface area contributed by atoms with Crippen molar-refractivity contribution in [2.45, 2.75) is 5.50 Å². The molecule has 0 spiro atoms. The van der Waals surface area contributed by atoms with Crippen LogP contribution in [-0.4, -0.2) is 31.8 Å². The van der Waals surface area contributed by atoms with Gasteiger partial charge in [-0.25, -0.2) is 0 Å². The zero-order chi connectivity index (χ0) is 22.1. The van der Waals surface area contributed by atoms with Gasteiger partial charge in [0.2, 0.25) is 0 Å². The minimum absolute atomic E-state index is 0.0990. The molecule has 1 aromatic heterocycles. The van der Waals surface area contributed by atoms with E-state index >= 15 is 0 Å². The fourth-order valence-corrected chi connectivity index (χ4v) is 6.02. The van der Waals surface area contributed by atoms with Gasteiger partial charge in [-0.3, -0.25) is 0 Å². The summed E-state index contributed by atoms with van der Waals surface area (Å²) in [7, 11) is 0. The molecular weight excluding hydrogens is 485 g/mol. The van der Waals surface area contributed by atoms with Gasteiger partial charge in [-0.1, -0.05) is 0 Å². The van der Waals surface area contributed by atoms with E-state index in [0.717, 1.165) is 25.8 Å². The molecule has 0 aliphatic carbocycles. The van der Waals surface area contributed by atoms with Crippen molar-refractivity contribution in [3.63, 3.8) is 0 Å². The van der Waals surface area contributed by atoms with Crippen molar-refractivity contribution < 1.29 is 9.59 Å². The molecular formula is C25H19N3O2SSe. The van der Waals surface area contributed by atoms with Crippen LogP contribution in [0.25, 0.3) is 16.8 Å². The van der Waals surface area contributed by atoms with Crippen LogP contribution >= 0.6 is 12.6 Å². The molecule has 0 unspecified atom stereocenters. The molecule has 5 nitrogen and oxygen atoms in total. The predicted molar refractivity (Wildman–Crippen MR) is 133 cm³/mol. The number of nitrogens with zero attached hydrogens (tertiary/aromatic N) is 1. The van der Waals surface area contributed by atoms with Crippen LogP contribution in [0.15, 0.2) is 90.5 Å². The maximum atomic E-state index is 12.3. The van der Waals surface area contributed by atoms with Gasteiger partial charge in [-0.2, -0.15) is 0 Å². The summed E-state index contributed by atoms with van der Waals surface area (Å²) in [5, 5.41) is 7.56. The van der Waals surface area contributed by atoms with Crippen LogP contribution in [0.4, 0.5) is 15.9 Å². The Morgan fingerprint density at radius 1 is 0.812 bits per heavy atom. The third-order valence-corrected chi connectivity index (χ3v) is 7.56. The molecule has 0 radical (unpaired) electrons. The zero-order valence-corrected chi connectivity index (χ0v) is 19.5. The zero-order valence-electron chi connectivity index (χ0n) is 16.9. The van der Waals surface area contributed by atoms with Crippen molar-refractivity contribution in [1.82, 2.24) is 10.6 Å². The van der Waals surface area contributed by atoms with Gasteiger partial charge < -0.3 is 0 Å². The molecule has 2 amide bonds. The van der Waals surface area contributed by atoms with Crippen LogP contribution in [0.3, 0.4) is 0 Å². The summed E-state index contributed by atoms with van der Waals surface area (Å²) in [6.07, 6.45) is 1.68. The third-order valence-electron chi connectivity index (χ3n) is 5.17. The standard InChI is InChI=1S/C25H19N3O2SSe/c29-23-20(24(30)27-25(31)26-23)15-18-13-14-22(32-18)28(17-9-2-1-3-10-17)21-12-6-8-16-7-4-5-11-19(16)21/h1-15,25,31H,(H,26,29)(H,27,30). The number of rotatable bonds is 4. The van der Waals surface area contributed by atoms with Gasteiger partial charge in [0.15, 0.2) is 0 Å². The summed E-state index contributed by atoms with van der Waals surface area (Å²) >= 11 is 4.00. The molecule has 3 aromatic carbocycles. The predicted octanol–water partition coefficient (Wildman–Crippen LogP) is 4.21. The number of fused-ring (bicyclic) bond motifs is 1. The number of thiol groups is 1. The number of hydrogen-bond donors (Lipinski definition) is 3. The average molecular weight is 504 g/mol. The molecule has 0 saturated carbocycles. The molecule has 5 rings (SSSR count). The van der Waals surface area contributed by atoms with E-state index in [0.29, 0.717) is 0 Å². The van der Waals surface area contributed by atoms with Gasteiger partial charge >= 0.3 is 197 Å². The van der Waals surface area contributed by atoms with Gasteiger partial charge in [0.1, 0.15) is 0 Å². The maximum absolute atomic E-state index is 12.3. The monoisotopic (exact) mass is 505 g/mol. The average Bonchev–Trinajstić information content (AvgIpc) is 3.25. The normalized spacial score (nSPS) is 15.9. The first-order valence-electron chi connectivity index (χ1n) is 10.0. The van der Waals surface area contributed by atoms with E-state index in [9.17, 15) is 9.59 Å². The van der Waals surface area contributed by atoms with Crippen LogP contribution in [0, 0.1) is 0 Å². The molecule has 2 N–H and O–H groups in total. The SMILES string of the molecule is O=C1NC(S)NC(=O)C1=Cc1ccc(N(c2ccccc2)c2cccc3ccccc23)[se]1. The Morgan fingerprint density at radius 2 is 1.50 bits per heavy atom. The second-order valence-electron chi connectivity index (χ2n) is 7.25. The molecule has 7 heteroatoms. The van der Waals surface area contributed by atoms with Gasteiger partial charge in [-0.15, -0.1) is 0 Å². The first-order valence-corrected chi connectivity index (χ1v) is 12.3. The van der Waals surface area contributed by atoms with E-state index < -0.39 is 17.3 Å². The number of hydrogen-bond acceptors (Lipinski definition) is 4. The van der Waals surface area contributed by atoms with Crippen molar-refractivity contribution in [3.05, 3.63) is 94.9 Å². The molecule has 0 atom stereocenters. The topological polar surface area (TPSA) is 61.4 Å². The van der Waals surface area contributed by atoms with Gasteiger partial charge in [0, 0.05) is 0 Å². The van der Waals surface area contributed by atoms with E-state index in [4.69, 9.17) is 0 Å². The van der Waals surface area contributed by atoms with Crippen LogP contribution in [0.1, 0.15) is 4.44 Å². The van der Waals surface area contributed by atoms with Gasteiger partial charge in [0.25, 0.3) is 0 Å². The van der Waals surface area contributed by atoms with Crippen molar-refractivity contribution >= 4 is 71.7 Å². The Labute approximate surface area is 196 Å². The number of carbonyl (C=O) groups is 2. The molecule has 32 heavy (non-hydrogen) atoms. The molecule has 1 aliphatic rings. The Kier molecular flexibility index (Phi) is 5.62. The number of nitrogens with one attached hydrogen (secondary N) is 2. The Balaban J connectivity index is 1.60. The van der Waals surface area contributed by atoms with Crippen molar-refractivity contribution in [1.29, 1.82) is 0 Å². The first kappa shape index (κ1) is 20.6. The van der Waals surface area contributed by atoms with Crippen LogP contribution < -0.4 is 15.5 Å². The van der Waals surface area contributed by atoms with Crippen molar-refractivity contribution in [2.75, 3.05) is 4.90 Å². The van der Waals surface area contributed by atoms with Crippen molar-refractivity contribution in [2.24, 2.45) is 0 Å². The number of anilines is 3. The van der Waals surface area contributed by atoms with E-state index in [1.54, 1.807) is 6.08 Å². The molecule has 0 bridgehead atoms. The van der Waals surface area contributed by atoms with E-state index in [-0.39, 0.29) is 20.1 Å². The number of carbonyl (C=O) groups excluding carboxylic acids is 2. The summed E-state index contributed by atoms with van der Waals surface area (Å²) in [4.78, 5) is 26.8. The fraction of sp³-hybridized carbons (Fsp3) is 0.0400. The summed E-state index contributed by atoms with van der Waals surface area (Å²) in [6.45, 7) is 0. The number of para-hydroxylation sites is 1. The van der Waals surface area contributed by atoms with E-state index in [1.807, 2.05) is 36.4 Å². The summed E-state index contributed by atoms with van der Waals surface area (Å²) in [5.41, 5.74) is 1.60. The number of benzene rings is 3. The van der Waals surface area contributed by atoms with E-state index in [1.165, 1.54) is 5.39 Å². The molecule has 1 fully saturated rings. The van der Waals surface area contributed by atoms with Crippen molar-refractivity contribution in [3.8, 4) is 0 Å². The second-order valence-corrected chi connectivity index (χ2v) is 10.1. The van der Waals surface area contributed by atoms with Crippen LogP contribution in [-0.2, 0) is 9.59 Å². The second kappa shape index (κ2) is 8.71. The molecule has 2 heterocycles. The quantitative estimate of drug-likeness (QED) is 0.169. The Hall–Kier alpha value is -3.25. The fourth-order valence-electron chi connectivity index (χ4n) is 3.72. The number of amides is 2. The summed E-state index contributed by atoms with van der Waals surface area (Å²) < 4.78 is 2.07. The Morgan fingerprint density at radius 3 is 2.28 bits per heavy atom. The third kappa shape index (κ3) is 3.98. The minimum atomic E-state index is -0.663. The Bertz CT molecular complexity index is 1320. The summed E-state index contributed by atoms with van der Waals surface area (Å²) in [6, 6.07) is 28.9. The van der Waals surface area contributed by atoms with E-state index in [2.05, 4.69) is 76.7 Å². The molecule has 1 aliphatic heterocycles. The summed E-state index contributed by atoms with van der Waals surface area (Å²) in [5.74, 6) is -0.819.